The molecule has 3 rings (SSSR count). The minimum Gasteiger partial charge on any atom is -0.394 e. The van der Waals surface area contributed by atoms with E-state index < -0.39 is 31.1 Å². The van der Waals surface area contributed by atoms with Crippen LogP contribution >= 0.6 is 15.9 Å². The van der Waals surface area contributed by atoms with Gasteiger partial charge in [0.2, 0.25) is 0 Å². The van der Waals surface area contributed by atoms with Crippen LogP contribution in [0.2, 0.25) is 0 Å². The molecule has 0 radical (unpaired) electrons. The maximum atomic E-state index is 10.1. The van der Waals surface area contributed by atoms with Crippen molar-refractivity contribution in [2.24, 2.45) is 0 Å². The third kappa shape index (κ3) is 1.88. The molecule has 20 heavy (non-hydrogen) atoms. The lowest BCUT2D eigenvalue weighted by Crippen LogP contribution is -2.33. The Kier molecular flexibility index (Phi) is 3.34. The average molecular weight is 346 g/mol. The molecule has 0 aromatic carbocycles. The highest BCUT2D eigenvalue weighted by Gasteiger charge is 2.44. The SMILES string of the molecule is Nc1ncnc2c1nc(Br)n2[C@@H]1O[C@@H](CO)[C@@H](O)[C@H]1O. The maximum absolute atomic E-state index is 10.1. The fourth-order valence-corrected chi connectivity index (χ4v) is 2.77. The molecule has 2 aromatic rings. The molecule has 1 aliphatic rings. The summed E-state index contributed by atoms with van der Waals surface area (Å²) >= 11 is 3.24. The minimum absolute atomic E-state index is 0.196. The molecule has 0 aliphatic carbocycles. The summed E-state index contributed by atoms with van der Waals surface area (Å²) in [5, 5.41) is 29.0. The number of nitrogens with two attached hydrogens (primary N) is 1. The van der Waals surface area contributed by atoms with E-state index in [1.165, 1.54) is 10.9 Å². The van der Waals surface area contributed by atoms with Gasteiger partial charge in [0.25, 0.3) is 0 Å². The van der Waals surface area contributed by atoms with Crippen LogP contribution in [0.15, 0.2) is 11.1 Å². The summed E-state index contributed by atoms with van der Waals surface area (Å²) < 4.78 is 7.23. The molecule has 0 unspecified atom stereocenters. The van der Waals surface area contributed by atoms with Gasteiger partial charge in [0, 0.05) is 0 Å². The Morgan fingerprint density at radius 3 is 2.75 bits per heavy atom. The van der Waals surface area contributed by atoms with Crippen molar-refractivity contribution in [2.45, 2.75) is 24.5 Å². The molecule has 0 amide bonds. The molecular weight excluding hydrogens is 334 g/mol. The molecule has 9 nitrogen and oxygen atoms in total. The van der Waals surface area contributed by atoms with Crippen molar-refractivity contribution in [1.29, 1.82) is 0 Å². The number of aliphatic hydroxyl groups is 3. The van der Waals surface area contributed by atoms with Gasteiger partial charge in [-0.05, 0) is 15.9 Å². The number of halogens is 1. The molecule has 10 heteroatoms. The quantitative estimate of drug-likeness (QED) is 0.496. The molecule has 0 bridgehead atoms. The number of ether oxygens (including phenoxy) is 1. The molecule has 2 aromatic heterocycles. The lowest BCUT2D eigenvalue weighted by Gasteiger charge is -2.17. The molecule has 1 aliphatic heterocycles. The summed E-state index contributed by atoms with van der Waals surface area (Å²) in [6.45, 7) is -0.407. The number of anilines is 1. The Balaban J connectivity index is 2.11. The number of nitrogens with zero attached hydrogens (tertiary/aromatic N) is 4. The number of aromatic nitrogens is 4. The van der Waals surface area contributed by atoms with Gasteiger partial charge in [0.1, 0.15) is 24.6 Å². The highest BCUT2D eigenvalue weighted by molar-refractivity contribution is 9.10. The van der Waals surface area contributed by atoms with Gasteiger partial charge in [0.05, 0.1) is 6.61 Å². The van der Waals surface area contributed by atoms with Crippen molar-refractivity contribution in [3.63, 3.8) is 0 Å². The smallest absolute Gasteiger partial charge is 0.181 e. The fourth-order valence-electron chi connectivity index (χ4n) is 2.22. The number of fused-ring (bicyclic) bond motifs is 1. The summed E-state index contributed by atoms with van der Waals surface area (Å²) in [5.41, 5.74) is 6.43. The van der Waals surface area contributed by atoms with Gasteiger partial charge in [-0.1, -0.05) is 0 Å². The van der Waals surface area contributed by atoms with Crippen LogP contribution in [0, 0.1) is 0 Å². The van der Waals surface area contributed by atoms with Gasteiger partial charge in [-0.15, -0.1) is 0 Å². The predicted molar refractivity (Wildman–Crippen MR) is 70.4 cm³/mol. The Morgan fingerprint density at radius 1 is 1.35 bits per heavy atom. The van der Waals surface area contributed by atoms with Gasteiger partial charge >= 0.3 is 0 Å². The molecular formula is C10H12BrN5O4. The Labute approximate surface area is 121 Å². The van der Waals surface area contributed by atoms with E-state index in [4.69, 9.17) is 15.6 Å². The van der Waals surface area contributed by atoms with Crippen LogP contribution in [0.1, 0.15) is 6.23 Å². The molecule has 1 fully saturated rings. The van der Waals surface area contributed by atoms with Crippen LogP contribution in [0.3, 0.4) is 0 Å². The molecule has 0 spiro atoms. The van der Waals surface area contributed by atoms with Crippen LogP contribution in [0.5, 0.6) is 0 Å². The Bertz CT molecular complexity index is 650. The van der Waals surface area contributed by atoms with E-state index in [-0.39, 0.29) is 5.82 Å². The highest BCUT2D eigenvalue weighted by Crippen LogP contribution is 2.34. The number of nitrogen functional groups attached to an aromatic ring is 1. The summed E-state index contributed by atoms with van der Waals surface area (Å²) in [6.07, 6.45) is -2.97. The second-order valence-corrected chi connectivity index (χ2v) is 5.12. The van der Waals surface area contributed by atoms with Crippen molar-refractivity contribution in [3.8, 4) is 0 Å². The first kappa shape index (κ1) is 13.6. The normalized spacial score (nSPS) is 30.2. The second-order valence-electron chi connectivity index (χ2n) is 4.41. The van der Waals surface area contributed by atoms with E-state index >= 15 is 0 Å². The van der Waals surface area contributed by atoms with Gasteiger partial charge in [-0.3, -0.25) is 4.57 Å². The topological polar surface area (TPSA) is 140 Å². The first-order chi connectivity index (χ1) is 9.54. The van der Waals surface area contributed by atoms with E-state index in [1.54, 1.807) is 0 Å². The maximum Gasteiger partial charge on any atom is 0.181 e. The minimum atomic E-state index is -1.22. The highest BCUT2D eigenvalue weighted by atomic mass is 79.9. The molecule has 3 heterocycles. The molecule has 1 saturated heterocycles. The zero-order valence-electron chi connectivity index (χ0n) is 10.1. The van der Waals surface area contributed by atoms with E-state index in [9.17, 15) is 10.2 Å². The van der Waals surface area contributed by atoms with Crippen molar-refractivity contribution in [1.82, 2.24) is 19.5 Å². The monoisotopic (exact) mass is 345 g/mol. The van der Waals surface area contributed by atoms with Crippen LogP contribution in [0.25, 0.3) is 11.2 Å². The molecule has 4 atom stereocenters. The first-order valence-corrected chi connectivity index (χ1v) is 6.60. The fraction of sp³-hybridized carbons (Fsp3) is 0.500. The lowest BCUT2D eigenvalue weighted by atomic mass is 10.1. The third-order valence-corrected chi connectivity index (χ3v) is 3.79. The standard InChI is InChI=1S/C10H12BrN5O4/c11-10-15-4-7(12)13-2-14-8(4)16(10)9-6(19)5(18)3(1-17)20-9/h2-3,5-6,9,17-19H,1H2,(H2,12,13,14)/t3-,5+,6+,9+/m0/s1. The predicted octanol–water partition coefficient (Wildman–Crippen LogP) is -1.22. The number of rotatable bonds is 2. The Hall–Kier alpha value is -1.33. The van der Waals surface area contributed by atoms with E-state index in [1.807, 2.05) is 0 Å². The van der Waals surface area contributed by atoms with Gasteiger partial charge in [-0.25, -0.2) is 15.0 Å². The van der Waals surface area contributed by atoms with Gasteiger partial charge < -0.3 is 25.8 Å². The average Bonchev–Trinajstić information content (AvgIpc) is 2.90. The van der Waals surface area contributed by atoms with E-state index in [2.05, 4.69) is 30.9 Å². The van der Waals surface area contributed by atoms with Gasteiger partial charge in [0.15, 0.2) is 27.9 Å². The van der Waals surface area contributed by atoms with Crippen LogP contribution in [-0.4, -0.2) is 59.8 Å². The van der Waals surface area contributed by atoms with Crippen molar-refractivity contribution >= 4 is 32.9 Å². The summed E-state index contributed by atoms with van der Waals surface area (Å²) in [5.74, 6) is 0.196. The molecule has 108 valence electrons. The lowest BCUT2D eigenvalue weighted by molar-refractivity contribution is -0.0521. The van der Waals surface area contributed by atoms with Crippen LogP contribution in [-0.2, 0) is 4.74 Å². The van der Waals surface area contributed by atoms with Crippen molar-refractivity contribution < 1.29 is 20.1 Å². The summed E-state index contributed by atoms with van der Waals surface area (Å²) in [7, 11) is 0. The molecule has 5 N–H and O–H groups in total. The van der Waals surface area contributed by atoms with Crippen LogP contribution < -0.4 is 5.73 Å². The molecule has 0 saturated carbocycles. The van der Waals surface area contributed by atoms with Crippen molar-refractivity contribution in [2.75, 3.05) is 12.3 Å². The van der Waals surface area contributed by atoms with E-state index in [0.717, 1.165) is 0 Å². The number of aliphatic hydroxyl groups excluding tert-OH is 3. The zero-order valence-corrected chi connectivity index (χ0v) is 11.7. The summed E-state index contributed by atoms with van der Waals surface area (Å²) in [4.78, 5) is 12.1. The Morgan fingerprint density at radius 2 is 2.10 bits per heavy atom. The summed E-state index contributed by atoms with van der Waals surface area (Å²) in [6, 6.07) is 0. The number of hydrogen-bond donors (Lipinski definition) is 4. The zero-order chi connectivity index (χ0) is 14.4. The second kappa shape index (κ2) is 4.90. The first-order valence-electron chi connectivity index (χ1n) is 5.81. The largest absolute Gasteiger partial charge is 0.394 e. The van der Waals surface area contributed by atoms with Crippen LogP contribution in [0.4, 0.5) is 5.82 Å². The third-order valence-electron chi connectivity index (χ3n) is 3.23. The van der Waals surface area contributed by atoms with Crippen molar-refractivity contribution in [3.05, 3.63) is 11.1 Å². The number of imidazole rings is 1. The number of hydrogen-bond acceptors (Lipinski definition) is 8. The van der Waals surface area contributed by atoms with Gasteiger partial charge in [-0.2, -0.15) is 0 Å². The van der Waals surface area contributed by atoms with E-state index in [0.29, 0.717) is 15.9 Å².